The number of oxime groups is 1. The van der Waals surface area contributed by atoms with Crippen molar-refractivity contribution in [3.8, 4) is 0 Å². The van der Waals surface area contributed by atoms with Gasteiger partial charge in [0.15, 0.2) is 0 Å². The third-order valence-corrected chi connectivity index (χ3v) is 2.03. The zero-order valence-electron chi connectivity index (χ0n) is 8.71. The molecule has 0 aliphatic heterocycles. The monoisotopic (exact) mass is 213 g/mol. The van der Waals surface area contributed by atoms with Crippen molar-refractivity contribution in [1.29, 1.82) is 0 Å². The number of nitrogens with zero attached hydrogens (tertiary/aromatic N) is 1. The molecule has 0 fully saturated rings. The van der Waals surface area contributed by atoms with Gasteiger partial charge in [-0.2, -0.15) is 0 Å². The maximum atomic E-state index is 12.3. The van der Waals surface area contributed by atoms with Crippen molar-refractivity contribution in [2.75, 3.05) is 7.11 Å². The average Bonchev–Trinajstić information content (AvgIpc) is 2.26. The van der Waals surface area contributed by atoms with Crippen LogP contribution in [-0.4, -0.2) is 12.8 Å². The van der Waals surface area contributed by atoms with Crippen LogP contribution in [0.4, 0.5) is 8.78 Å². The van der Waals surface area contributed by atoms with Crippen LogP contribution in [0.1, 0.15) is 30.9 Å². The molecule has 0 heterocycles. The second kappa shape index (κ2) is 5.44. The minimum atomic E-state index is -2.43. The first-order chi connectivity index (χ1) is 7.19. The van der Waals surface area contributed by atoms with E-state index in [0.29, 0.717) is 6.42 Å². The SMILES string of the molecule is CC/C(=N\OC)c1ccc(C(F)F)cc1. The Balaban J connectivity index is 2.92. The van der Waals surface area contributed by atoms with Crippen molar-refractivity contribution < 1.29 is 13.6 Å². The van der Waals surface area contributed by atoms with Crippen LogP contribution in [0.3, 0.4) is 0 Å². The summed E-state index contributed by atoms with van der Waals surface area (Å²) in [6.45, 7) is 1.93. The van der Waals surface area contributed by atoms with Gasteiger partial charge in [-0.3, -0.25) is 0 Å². The van der Waals surface area contributed by atoms with Crippen LogP contribution >= 0.6 is 0 Å². The summed E-state index contributed by atoms with van der Waals surface area (Å²) in [5, 5.41) is 3.82. The molecule has 0 aromatic heterocycles. The molecule has 1 aromatic carbocycles. The molecule has 0 unspecified atom stereocenters. The number of benzene rings is 1. The fourth-order valence-corrected chi connectivity index (χ4v) is 1.25. The second-order valence-electron chi connectivity index (χ2n) is 3.00. The minimum absolute atomic E-state index is 0.0200. The highest BCUT2D eigenvalue weighted by atomic mass is 19.3. The van der Waals surface area contributed by atoms with E-state index in [4.69, 9.17) is 0 Å². The Kier molecular flexibility index (Phi) is 4.21. The summed E-state index contributed by atoms with van der Waals surface area (Å²) in [4.78, 5) is 4.67. The molecule has 4 heteroatoms. The smallest absolute Gasteiger partial charge is 0.263 e. The maximum absolute atomic E-state index is 12.3. The van der Waals surface area contributed by atoms with E-state index in [1.807, 2.05) is 6.92 Å². The van der Waals surface area contributed by atoms with Crippen molar-refractivity contribution in [2.45, 2.75) is 19.8 Å². The van der Waals surface area contributed by atoms with E-state index < -0.39 is 6.43 Å². The lowest BCUT2D eigenvalue weighted by Crippen LogP contribution is -1.99. The van der Waals surface area contributed by atoms with E-state index in [1.165, 1.54) is 19.2 Å². The van der Waals surface area contributed by atoms with Gasteiger partial charge in [0.2, 0.25) is 0 Å². The van der Waals surface area contributed by atoms with Gasteiger partial charge in [-0.05, 0) is 12.0 Å². The van der Waals surface area contributed by atoms with E-state index in [1.54, 1.807) is 12.1 Å². The van der Waals surface area contributed by atoms with Crippen LogP contribution in [0, 0.1) is 0 Å². The molecular weight excluding hydrogens is 200 g/mol. The predicted octanol–water partition coefficient (Wildman–Crippen LogP) is 3.38. The van der Waals surface area contributed by atoms with Gasteiger partial charge in [-0.15, -0.1) is 0 Å². The molecule has 15 heavy (non-hydrogen) atoms. The van der Waals surface area contributed by atoms with Crippen molar-refractivity contribution in [2.24, 2.45) is 5.16 Å². The standard InChI is InChI=1S/C11H13F2NO/c1-3-10(14-15-2)8-4-6-9(7-5-8)11(12)13/h4-7,11H,3H2,1-2H3/b14-10+. The molecule has 82 valence electrons. The third-order valence-electron chi connectivity index (χ3n) is 2.03. The van der Waals surface area contributed by atoms with E-state index in [2.05, 4.69) is 9.99 Å². The van der Waals surface area contributed by atoms with E-state index in [-0.39, 0.29) is 5.56 Å². The quantitative estimate of drug-likeness (QED) is 0.555. The first-order valence-electron chi connectivity index (χ1n) is 4.67. The molecular formula is C11H13F2NO. The topological polar surface area (TPSA) is 21.6 Å². The zero-order valence-corrected chi connectivity index (χ0v) is 8.71. The summed E-state index contributed by atoms with van der Waals surface area (Å²) in [6.07, 6.45) is -1.73. The second-order valence-corrected chi connectivity index (χ2v) is 3.00. The first kappa shape index (κ1) is 11.6. The summed E-state index contributed by atoms with van der Waals surface area (Å²) in [7, 11) is 1.46. The minimum Gasteiger partial charge on any atom is -0.399 e. The Morgan fingerprint density at radius 1 is 1.33 bits per heavy atom. The molecule has 0 saturated carbocycles. The third kappa shape index (κ3) is 3.01. The molecule has 2 nitrogen and oxygen atoms in total. The number of rotatable bonds is 4. The van der Waals surface area contributed by atoms with Crippen molar-refractivity contribution >= 4 is 5.71 Å². The number of hydrogen-bond donors (Lipinski definition) is 0. The molecule has 1 rings (SSSR count). The van der Waals surface area contributed by atoms with Gasteiger partial charge < -0.3 is 4.84 Å². The van der Waals surface area contributed by atoms with E-state index in [0.717, 1.165) is 11.3 Å². The van der Waals surface area contributed by atoms with Gasteiger partial charge in [0.05, 0.1) is 5.71 Å². The van der Waals surface area contributed by atoms with Gasteiger partial charge in [0.1, 0.15) is 7.11 Å². The molecule has 0 amide bonds. The molecule has 0 bridgehead atoms. The molecule has 0 aliphatic carbocycles. The summed E-state index contributed by atoms with van der Waals surface area (Å²) < 4.78 is 24.5. The van der Waals surface area contributed by atoms with Crippen LogP contribution < -0.4 is 0 Å². The molecule has 0 atom stereocenters. The van der Waals surface area contributed by atoms with Crippen LogP contribution in [-0.2, 0) is 4.84 Å². The zero-order chi connectivity index (χ0) is 11.3. The Morgan fingerprint density at radius 2 is 1.93 bits per heavy atom. The Morgan fingerprint density at radius 3 is 2.33 bits per heavy atom. The van der Waals surface area contributed by atoms with Crippen LogP contribution in [0.5, 0.6) is 0 Å². The lowest BCUT2D eigenvalue weighted by molar-refractivity contribution is 0.151. The fourth-order valence-electron chi connectivity index (χ4n) is 1.25. The molecule has 0 aliphatic rings. The van der Waals surface area contributed by atoms with E-state index in [9.17, 15) is 8.78 Å². The largest absolute Gasteiger partial charge is 0.399 e. The van der Waals surface area contributed by atoms with E-state index >= 15 is 0 Å². The normalized spacial score (nSPS) is 11.9. The summed E-state index contributed by atoms with van der Waals surface area (Å²) in [5.74, 6) is 0. The van der Waals surface area contributed by atoms with Gasteiger partial charge in [-0.25, -0.2) is 8.78 Å². The number of hydrogen-bond acceptors (Lipinski definition) is 2. The summed E-state index contributed by atoms with van der Waals surface area (Å²) in [6, 6.07) is 6.06. The van der Waals surface area contributed by atoms with Crippen molar-refractivity contribution in [3.63, 3.8) is 0 Å². The van der Waals surface area contributed by atoms with Crippen molar-refractivity contribution in [3.05, 3.63) is 35.4 Å². The molecule has 0 saturated heterocycles. The van der Waals surface area contributed by atoms with Crippen LogP contribution in [0.15, 0.2) is 29.4 Å². The Labute approximate surface area is 87.6 Å². The lowest BCUT2D eigenvalue weighted by Gasteiger charge is -2.04. The summed E-state index contributed by atoms with van der Waals surface area (Å²) in [5.41, 5.74) is 1.58. The number of halogens is 2. The van der Waals surface area contributed by atoms with Crippen LogP contribution in [0.25, 0.3) is 0 Å². The van der Waals surface area contributed by atoms with Crippen LogP contribution in [0.2, 0.25) is 0 Å². The molecule has 0 radical (unpaired) electrons. The van der Waals surface area contributed by atoms with Gasteiger partial charge >= 0.3 is 0 Å². The Hall–Kier alpha value is -1.45. The lowest BCUT2D eigenvalue weighted by atomic mass is 10.1. The predicted molar refractivity (Wildman–Crippen MR) is 55.2 cm³/mol. The first-order valence-corrected chi connectivity index (χ1v) is 4.67. The Bertz CT molecular complexity index is 333. The molecule has 0 N–H and O–H groups in total. The highest BCUT2D eigenvalue weighted by molar-refractivity contribution is 6.00. The maximum Gasteiger partial charge on any atom is 0.263 e. The van der Waals surface area contributed by atoms with Gasteiger partial charge in [-0.1, -0.05) is 36.3 Å². The van der Waals surface area contributed by atoms with Gasteiger partial charge in [0.25, 0.3) is 6.43 Å². The fraction of sp³-hybridized carbons (Fsp3) is 0.364. The van der Waals surface area contributed by atoms with Crippen molar-refractivity contribution in [1.82, 2.24) is 0 Å². The highest BCUT2D eigenvalue weighted by Gasteiger charge is 2.07. The highest BCUT2D eigenvalue weighted by Crippen LogP contribution is 2.19. The van der Waals surface area contributed by atoms with Gasteiger partial charge in [0, 0.05) is 5.56 Å². The molecule has 1 aromatic rings. The number of alkyl halides is 2. The average molecular weight is 213 g/mol. The molecule has 0 spiro atoms. The summed E-state index contributed by atoms with van der Waals surface area (Å²) >= 11 is 0.